The second-order valence-electron chi connectivity index (χ2n) is 8.96. The van der Waals surface area contributed by atoms with Gasteiger partial charge in [-0.3, -0.25) is 4.55 Å². The third-order valence-electron chi connectivity index (χ3n) is 5.91. The first kappa shape index (κ1) is 43.7. The van der Waals surface area contributed by atoms with Crippen molar-refractivity contribution in [3.8, 4) is 0 Å². The van der Waals surface area contributed by atoms with E-state index in [0.29, 0.717) is 34.1 Å². The number of aromatic nitrogens is 3. The van der Waals surface area contributed by atoms with E-state index in [1.165, 1.54) is 6.07 Å². The number of hydrogen-bond donors (Lipinski definition) is 2. The Morgan fingerprint density at radius 2 is 1.22 bits per heavy atom. The number of aryl methyl sites for hydroxylation is 3. The molecule has 0 aliphatic heterocycles. The van der Waals surface area contributed by atoms with Gasteiger partial charge in [0.1, 0.15) is 24.1 Å². The molecule has 5 rings (SSSR count). The Kier molecular flexibility index (Phi) is 21.2. The first-order chi connectivity index (χ1) is 24.8. The van der Waals surface area contributed by atoms with Gasteiger partial charge >= 0.3 is 10.6 Å². The SMILES string of the molecule is CC.CC.CC.Cc1c(N=Nc2ccccc2)ccc2cc(S(=O)(=O)O)c(N=Nc3ccccc3)c(C)c12.O=S(=O)=O.[3H]c1nc(C)nc(NC)n1. The summed E-state index contributed by atoms with van der Waals surface area (Å²) < 4.78 is 66.4. The summed E-state index contributed by atoms with van der Waals surface area (Å²) in [6, 6.07) is 23.3. The number of azo groups is 2. The van der Waals surface area contributed by atoms with E-state index in [1.54, 1.807) is 57.3 Å². The lowest BCUT2D eigenvalue weighted by atomic mass is 9.98. The third kappa shape index (κ3) is 15.8. The van der Waals surface area contributed by atoms with Crippen LogP contribution in [0.1, 0.15) is 59.9 Å². The summed E-state index contributed by atoms with van der Waals surface area (Å²) in [6.45, 7) is 17.4. The monoisotopic (exact) mass is 740 g/mol. The summed E-state index contributed by atoms with van der Waals surface area (Å²) in [6.07, 6.45) is -0.00292. The van der Waals surface area contributed by atoms with Crippen LogP contribution < -0.4 is 5.32 Å². The molecule has 16 heteroatoms. The van der Waals surface area contributed by atoms with Crippen molar-refractivity contribution in [2.45, 2.75) is 67.2 Å². The molecule has 51 heavy (non-hydrogen) atoms. The number of fused-ring (bicyclic) bond motifs is 1. The lowest BCUT2D eigenvalue weighted by Crippen LogP contribution is -2.00. The van der Waals surface area contributed by atoms with E-state index in [0.717, 1.165) is 16.6 Å². The van der Waals surface area contributed by atoms with Gasteiger partial charge in [-0.15, -0.1) is 17.7 Å². The Hall–Kier alpha value is -5.32. The van der Waals surface area contributed by atoms with Crippen LogP contribution in [-0.4, -0.2) is 47.6 Å². The van der Waals surface area contributed by atoms with Crippen LogP contribution >= 0.6 is 0 Å². The highest BCUT2D eigenvalue weighted by Crippen LogP contribution is 2.39. The van der Waals surface area contributed by atoms with Gasteiger partial charge < -0.3 is 5.32 Å². The lowest BCUT2D eigenvalue weighted by Gasteiger charge is -2.13. The maximum Gasteiger partial charge on any atom is 0.425 e. The quantitative estimate of drug-likeness (QED) is 0.124. The van der Waals surface area contributed by atoms with Crippen LogP contribution in [0.5, 0.6) is 0 Å². The van der Waals surface area contributed by atoms with Crippen molar-refractivity contribution in [2.24, 2.45) is 20.5 Å². The van der Waals surface area contributed by atoms with Gasteiger partial charge in [0.25, 0.3) is 10.1 Å². The van der Waals surface area contributed by atoms with Crippen molar-refractivity contribution in [1.82, 2.24) is 15.0 Å². The van der Waals surface area contributed by atoms with Crippen LogP contribution in [0.25, 0.3) is 10.8 Å². The Labute approximate surface area is 303 Å². The molecular weight excluding hydrogens is 693 g/mol. The third-order valence-corrected chi connectivity index (χ3v) is 6.77. The predicted molar refractivity (Wildman–Crippen MR) is 202 cm³/mol. The highest BCUT2D eigenvalue weighted by Gasteiger charge is 2.21. The van der Waals surface area contributed by atoms with E-state index in [2.05, 4.69) is 40.7 Å². The average Bonchev–Trinajstić information content (AvgIpc) is 3.13. The van der Waals surface area contributed by atoms with Crippen molar-refractivity contribution >= 4 is 60.2 Å². The minimum atomic E-state index is -4.52. The van der Waals surface area contributed by atoms with Crippen LogP contribution in [0.15, 0.2) is 111 Å². The molecule has 1 heterocycles. The van der Waals surface area contributed by atoms with Gasteiger partial charge in [-0.25, -0.2) is 9.97 Å². The van der Waals surface area contributed by atoms with Crippen LogP contribution in [0.2, 0.25) is 0 Å². The van der Waals surface area contributed by atoms with E-state index < -0.39 is 20.7 Å². The summed E-state index contributed by atoms with van der Waals surface area (Å²) in [7, 11) is -5.93. The van der Waals surface area contributed by atoms with E-state index in [-0.39, 0.29) is 16.9 Å². The molecule has 0 aliphatic rings. The first-order valence-corrected chi connectivity index (χ1v) is 18.4. The molecule has 274 valence electrons. The molecule has 0 saturated carbocycles. The number of rotatable bonds is 6. The fraction of sp³-hybridized carbons (Fsp3) is 0.286. The Morgan fingerprint density at radius 3 is 1.67 bits per heavy atom. The van der Waals surface area contributed by atoms with Crippen LogP contribution in [0, 0.1) is 20.8 Å². The molecule has 1 aromatic heterocycles. The van der Waals surface area contributed by atoms with Gasteiger partial charge in [0, 0.05) is 7.05 Å². The molecule has 0 saturated heterocycles. The minimum Gasteiger partial charge on any atom is -0.357 e. The molecule has 0 amide bonds. The van der Waals surface area contributed by atoms with Gasteiger partial charge in [0.2, 0.25) is 5.95 Å². The van der Waals surface area contributed by atoms with Crippen LogP contribution in [0.3, 0.4) is 0 Å². The molecule has 0 spiro atoms. The molecule has 0 bridgehead atoms. The largest absolute Gasteiger partial charge is 0.425 e. The Morgan fingerprint density at radius 1 is 0.725 bits per heavy atom. The molecule has 14 nitrogen and oxygen atoms in total. The molecule has 0 aliphatic carbocycles. The van der Waals surface area contributed by atoms with Crippen molar-refractivity contribution in [3.63, 3.8) is 0 Å². The van der Waals surface area contributed by atoms with E-state index in [1.807, 2.05) is 84.9 Å². The van der Waals surface area contributed by atoms with Crippen molar-refractivity contribution < 1.29 is 27.0 Å². The van der Waals surface area contributed by atoms with Gasteiger partial charge in [-0.05, 0) is 79.1 Å². The zero-order valence-electron chi connectivity index (χ0n) is 31.4. The zero-order chi connectivity index (χ0) is 39.9. The molecule has 0 unspecified atom stereocenters. The molecule has 0 atom stereocenters. The fourth-order valence-electron chi connectivity index (χ4n) is 3.95. The van der Waals surface area contributed by atoms with Gasteiger partial charge in [-0.1, -0.05) is 84.0 Å². The Bertz CT molecular complexity index is 2090. The van der Waals surface area contributed by atoms with E-state index >= 15 is 0 Å². The maximum atomic E-state index is 12.1. The van der Waals surface area contributed by atoms with Gasteiger partial charge in [0.15, 0.2) is 0 Å². The minimum absolute atomic E-state index is 0.00292. The summed E-state index contributed by atoms with van der Waals surface area (Å²) in [5.74, 6) is 1.00. The van der Waals surface area contributed by atoms with E-state index in [4.69, 9.17) is 14.0 Å². The molecule has 2 N–H and O–H groups in total. The smallest absolute Gasteiger partial charge is 0.357 e. The molecule has 5 aromatic rings. The number of nitrogens with zero attached hydrogens (tertiary/aromatic N) is 7. The summed E-state index contributed by atoms with van der Waals surface area (Å²) in [4.78, 5) is 11.0. The fourth-order valence-corrected chi connectivity index (χ4v) is 4.66. The highest BCUT2D eigenvalue weighted by molar-refractivity contribution is 7.86. The number of nitrogens with one attached hydrogen (secondary N) is 1. The normalized spacial score (nSPS) is 10.4. The van der Waals surface area contributed by atoms with Gasteiger partial charge in [0.05, 0.1) is 17.1 Å². The van der Waals surface area contributed by atoms with Crippen molar-refractivity contribution in [1.29, 1.82) is 0 Å². The van der Waals surface area contributed by atoms with Crippen LogP contribution in [-0.2, 0) is 20.7 Å². The average molecular weight is 741 g/mol. The molecule has 4 aromatic carbocycles. The second kappa shape index (κ2) is 24.8. The van der Waals surface area contributed by atoms with Crippen molar-refractivity contribution in [2.75, 3.05) is 12.4 Å². The zero-order valence-corrected chi connectivity index (χ0v) is 32.1. The molecular formula is C35H46N8O6S2. The molecule has 0 radical (unpaired) electrons. The lowest BCUT2D eigenvalue weighted by molar-refractivity contribution is 0.483. The summed E-state index contributed by atoms with van der Waals surface area (Å²) in [5, 5.41) is 21.1. The van der Waals surface area contributed by atoms with Gasteiger partial charge in [-0.2, -0.15) is 28.7 Å². The Balaban J connectivity index is 0.00000108. The number of hydrogen-bond acceptors (Lipinski definition) is 13. The molecule has 0 fully saturated rings. The van der Waals surface area contributed by atoms with Crippen molar-refractivity contribution in [3.05, 3.63) is 102 Å². The highest BCUT2D eigenvalue weighted by atomic mass is 32.2. The number of anilines is 1. The van der Waals surface area contributed by atoms with E-state index in [9.17, 15) is 13.0 Å². The standard InChI is InChI=1S/C24H20N4O3S.C5H8N4.3C2H6.O3S/c1-16-21(27-25-19-9-5-3-6-10-19)14-13-18-15-22(32(29,30)31)24(17(2)23(16)18)28-26-20-11-7-4-8-12-20;1-4-7-3-8-5(6-2)9-4;3*1-2;1-4(2)3/h3-15H,1-2H3,(H,29,30,31);3H,1-2H3,(H,6,7,8,9);3*1-2H3;/i;3T;;;;. The number of benzene rings is 4. The first-order valence-electron chi connectivity index (χ1n) is 16.4. The second-order valence-corrected chi connectivity index (χ2v) is 10.8. The summed E-state index contributed by atoms with van der Waals surface area (Å²) in [5.41, 5.74) is 3.42. The predicted octanol–water partition coefficient (Wildman–Crippen LogP) is 9.83. The summed E-state index contributed by atoms with van der Waals surface area (Å²) >= 11 is 0. The maximum absolute atomic E-state index is 12.1. The topological polar surface area (TPSA) is 206 Å². The van der Waals surface area contributed by atoms with Crippen LogP contribution in [0.4, 0.5) is 28.7 Å².